The molecule has 1 aliphatic rings. The number of nitrogens with one attached hydrogen (secondary N) is 1. The molecule has 0 saturated heterocycles. The molecule has 1 amide bonds. The third kappa shape index (κ3) is 5.00. The Labute approximate surface area is 138 Å². The van der Waals surface area contributed by atoms with Crippen LogP contribution in [0.4, 0.5) is 0 Å². The first-order valence-corrected chi connectivity index (χ1v) is 7.82. The summed E-state index contributed by atoms with van der Waals surface area (Å²) in [5.74, 6) is 0.549. The second kappa shape index (κ2) is 9.18. The molecule has 2 rings (SSSR count). The van der Waals surface area contributed by atoms with Gasteiger partial charge in [-0.1, -0.05) is 12.8 Å². The van der Waals surface area contributed by atoms with E-state index < -0.39 is 0 Å². The van der Waals surface area contributed by atoms with E-state index in [0.29, 0.717) is 24.4 Å². The average molecular weight is 331 g/mol. The van der Waals surface area contributed by atoms with E-state index in [0.717, 1.165) is 19.6 Å². The van der Waals surface area contributed by atoms with Crippen molar-refractivity contribution in [2.24, 2.45) is 11.1 Å². The lowest BCUT2D eigenvalue weighted by Gasteiger charge is -2.29. The molecule has 3 N–H and O–H groups in total. The Bertz CT molecular complexity index is 456. The van der Waals surface area contributed by atoms with Crippen molar-refractivity contribution in [3.63, 3.8) is 0 Å². The lowest BCUT2D eigenvalue weighted by atomic mass is 9.83. The van der Waals surface area contributed by atoms with Crippen molar-refractivity contribution in [1.82, 2.24) is 5.32 Å². The van der Waals surface area contributed by atoms with E-state index in [1.165, 1.54) is 31.9 Å². The van der Waals surface area contributed by atoms with Gasteiger partial charge in [-0.05, 0) is 37.7 Å². The number of furan rings is 1. The fourth-order valence-electron chi connectivity index (χ4n) is 3.05. The van der Waals surface area contributed by atoms with E-state index in [1.54, 1.807) is 6.07 Å². The first-order chi connectivity index (χ1) is 10.2. The van der Waals surface area contributed by atoms with E-state index in [9.17, 15) is 4.79 Å². The van der Waals surface area contributed by atoms with Gasteiger partial charge in [0.2, 0.25) is 0 Å². The lowest BCUT2D eigenvalue weighted by molar-refractivity contribution is 0.0862. The number of carbonyl (C=O) groups excluding carboxylic acids is 1. The highest BCUT2D eigenvalue weighted by Gasteiger charge is 2.33. The highest BCUT2D eigenvalue weighted by molar-refractivity contribution is 5.94. The second-order valence-corrected chi connectivity index (χ2v) is 5.84. The molecular weight excluding hydrogens is 304 g/mol. The minimum Gasteiger partial charge on any atom is -0.467 e. The molecule has 1 aromatic heterocycles. The third-order valence-electron chi connectivity index (χ3n) is 4.39. The SMILES string of the molecule is CCOCCC1(CNC(=O)c2coc(CN)c2)CCCC1.Cl. The summed E-state index contributed by atoms with van der Waals surface area (Å²) >= 11 is 0. The summed E-state index contributed by atoms with van der Waals surface area (Å²) in [5.41, 5.74) is 6.24. The van der Waals surface area contributed by atoms with Gasteiger partial charge in [-0.3, -0.25) is 4.79 Å². The number of halogens is 1. The van der Waals surface area contributed by atoms with Crippen LogP contribution in [0.2, 0.25) is 0 Å². The maximum Gasteiger partial charge on any atom is 0.254 e. The van der Waals surface area contributed by atoms with Crippen LogP contribution in [0.15, 0.2) is 16.7 Å². The molecule has 0 unspecified atom stereocenters. The van der Waals surface area contributed by atoms with Gasteiger partial charge in [-0.25, -0.2) is 0 Å². The standard InChI is InChI=1S/C16H26N2O3.ClH/c1-2-20-8-7-16(5-3-4-6-16)12-18-15(19)13-9-14(10-17)21-11-13;/h9,11H,2-8,10,12,17H2,1H3,(H,18,19);1H. The summed E-state index contributed by atoms with van der Waals surface area (Å²) in [6, 6.07) is 1.71. The van der Waals surface area contributed by atoms with Crippen molar-refractivity contribution in [2.45, 2.75) is 45.6 Å². The number of rotatable bonds is 8. The van der Waals surface area contributed by atoms with Crippen molar-refractivity contribution < 1.29 is 13.9 Å². The normalized spacial score (nSPS) is 16.3. The van der Waals surface area contributed by atoms with Crippen LogP contribution in [-0.4, -0.2) is 25.7 Å². The molecule has 1 fully saturated rings. The van der Waals surface area contributed by atoms with Gasteiger partial charge in [0.05, 0.1) is 12.1 Å². The molecule has 1 aromatic rings. The maximum atomic E-state index is 12.2. The van der Waals surface area contributed by atoms with Crippen LogP contribution in [0.5, 0.6) is 0 Å². The molecule has 1 saturated carbocycles. The molecule has 22 heavy (non-hydrogen) atoms. The van der Waals surface area contributed by atoms with Gasteiger partial charge in [-0.2, -0.15) is 0 Å². The van der Waals surface area contributed by atoms with E-state index in [1.807, 2.05) is 6.92 Å². The number of hydrogen-bond acceptors (Lipinski definition) is 4. The van der Waals surface area contributed by atoms with Gasteiger partial charge >= 0.3 is 0 Å². The number of carbonyl (C=O) groups is 1. The van der Waals surface area contributed by atoms with Gasteiger partial charge in [0, 0.05) is 19.8 Å². The zero-order chi connectivity index (χ0) is 15.1. The van der Waals surface area contributed by atoms with Gasteiger partial charge in [-0.15, -0.1) is 12.4 Å². The largest absolute Gasteiger partial charge is 0.467 e. The first-order valence-electron chi connectivity index (χ1n) is 7.82. The van der Waals surface area contributed by atoms with Crippen LogP contribution in [0.1, 0.15) is 55.1 Å². The molecule has 0 aliphatic heterocycles. The van der Waals surface area contributed by atoms with Crippen molar-refractivity contribution in [1.29, 1.82) is 0 Å². The summed E-state index contributed by atoms with van der Waals surface area (Å²) in [7, 11) is 0. The molecule has 1 heterocycles. The molecule has 1 aliphatic carbocycles. The van der Waals surface area contributed by atoms with Gasteiger partial charge in [0.1, 0.15) is 12.0 Å². The van der Waals surface area contributed by atoms with E-state index in [2.05, 4.69) is 5.32 Å². The quantitative estimate of drug-likeness (QED) is 0.718. The van der Waals surface area contributed by atoms with Crippen molar-refractivity contribution >= 4 is 18.3 Å². The Kier molecular flexibility index (Phi) is 7.93. The Hall–Kier alpha value is -1.04. The zero-order valence-electron chi connectivity index (χ0n) is 13.2. The molecule has 126 valence electrons. The molecular formula is C16H27ClN2O3. The lowest BCUT2D eigenvalue weighted by Crippen LogP contribution is -2.36. The van der Waals surface area contributed by atoms with E-state index in [-0.39, 0.29) is 23.7 Å². The molecule has 0 aromatic carbocycles. The number of amides is 1. The van der Waals surface area contributed by atoms with Gasteiger partial charge in [0.15, 0.2) is 0 Å². The molecule has 0 radical (unpaired) electrons. The van der Waals surface area contributed by atoms with Crippen LogP contribution in [0, 0.1) is 5.41 Å². The molecule has 0 spiro atoms. The van der Waals surface area contributed by atoms with Crippen molar-refractivity contribution in [2.75, 3.05) is 19.8 Å². The summed E-state index contributed by atoms with van der Waals surface area (Å²) in [4.78, 5) is 12.2. The molecule has 0 bridgehead atoms. The first kappa shape index (κ1) is 19.0. The summed E-state index contributed by atoms with van der Waals surface area (Å²) in [6.07, 6.45) is 7.30. The van der Waals surface area contributed by atoms with Gasteiger partial charge < -0.3 is 20.2 Å². The van der Waals surface area contributed by atoms with Gasteiger partial charge in [0.25, 0.3) is 5.91 Å². The number of hydrogen-bond donors (Lipinski definition) is 2. The Morgan fingerprint density at radius 3 is 2.77 bits per heavy atom. The van der Waals surface area contributed by atoms with Crippen molar-refractivity contribution in [3.05, 3.63) is 23.7 Å². The molecule has 0 atom stereocenters. The summed E-state index contributed by atoms with van der Waals surface area (Å²) in [5, 5.41) is 3.05. The molecule has 5 nitrogen and oxygen atoms in total. The Morgan fingerprint density at radius 1 is 1.45 bits per heavy atom. The second-order valence-electron chi connectivity index (χ2n) is 5.84. The Balaban J connectivity index is 0.00000242. The Morgan fingerprint density at radius 2 is 2.18 bits per heavy atom. The predicted octanol–water partition coefficient (Wildman–Crippen LogP) is 2.88. The van der Waals surface area contributed by atoms with Crippen LogP contribution < -0.4 is 11.1 Å². The van der Waals surface area contributed by atoms with Crippen LogP contribution in [0.25, 0.3) is 0 Å². The molecule has 6 heteroatoms. The van der Waals surface area contributed by atoms with Crippen LogP contribution in [0.3, 0.4) is 0 Å². The smallest absolute Gasteiger partial charge is 0.254 e. The minimum atomic E-state index is -0.0823. The van der Waals surface area contributed by atoms with Crippen LogP contribution in [-0.2, 0) is 11.3 Å². The highest BCUT2D eigenvalue weighted by atomic mass is 35.5. The minimum absolute atomic E-state index is 0. The third-order valence-corrected chi connectivity index (χ3v) is 4.39. The van der Waals surface area contributed by atoms with E-state index in [4.69, 9.17) is 14.9 Å². The highest BCUT2D eigenvalue weighted by Crippen LogP contribution is 2.40. The fourth-order valence-corrected chi connectivity index (χ4v) is 3.05. The fraction of sp³-hybridized carbons (Fsp3) is 0.688. The monoisotopic (exact) mass is 330 g/mol. The number of nitrogens with two attached hydrogens (primary N) is 1. The summed E-state index contributed by atoms with van der Waals surface area (Å²) in [6.45, 7) is 4.55. The zero-order valence-corrected chi connectivity index (χ0v) is 14.0. The van der Waals surface area contributed by atoms with Crippen molar-refractivity contribution in [3.8, 4) is 0 Å². The predicted molar refractivity (Wildman–Crippen MR) is 88.2 cm³/mol. The number of ether oxygens (including phenoxy) is 1. The average Bonchev–Trinajstić information content (AvgIpc) is 3.15. The van der Waals surface area contributed by atoms with E-state index >= 15 is 0 Å². The maximum absolute atomic E-state index is 12.2. The summed E-state index contributed by atoms with van der Waals surface area (Å²) < 4.78 is 10.7. The van der Waals surface area contributed by atoms with Crippen LogP contribution >= 0.6 is 12.4 Å². The topological polar surface area (TPSA) is 77.5 Å².